The van der Waals surface area contributed by atoms with Gasteiger partial charge in [0.25, 0.3) is 5.69 Å². The first kappa shape index (κ1) is 13.4. The first-order valence-corrected chi connectivity index (χ1v) is 6.02. The predicted octanol–water partition coefficient (Wildman–Crippen LogP) is 2.12. The molecule has 0 aliphatic heterocycles. The lowest BCUT2D eigenvalue weighted by molar-refractivity contribution is -0.384. The van der Waals surface area contributed by atoms with Crippen molar-refractivity contribution in [1.82, 2.24) is 5.32 Å². The SMILES string of the molecule is O=C(/C=C/c1cccc([N+](=O)[O-])c1)NCCBr. The molecule has 0 radical (unpaired) electrons. The third kappa shape index (κ3) is 4.78. The Morgan fingerprint density at radius 2 is 2.29 bits per heavy atom. The first-order valence-electron chi connectivity index (χ1n) is 4.90. The van der Waals surface area contributed by atoms with E-state index in [1.165, 1.54) is 24.3 Å². The number of nitrogens with zero attached hydrogens (tertiary/aromatic N) is 1. The minimum Gasteiger partial charge on any atom is -0.352 e. The summed E-state index contributed by atoms with van der Waals surface area (Å²) in [5.74, 6) is -0.226. The molecule has 0 fully saturated rings. The van der Waals surface area contributed by atoms with Gasteiger partial charge in [0, 0.05) is 30.1 Å². The molecule has 0 aliphatic carbocycles. The molecule has 0 saturated carbocycles. The quantitative estimate of drug-likeness (QED) is 0.392. The molecule has 1 aromatic carbocycles. The number of rotatable bonds is 5. The van der Waals surface area contributed by atoms with Gasteiger partial charge in [-0.3, -0.25) is 14.9 Å². The third-order valence-electron chi connectivity index (χ3n) is 1.90. The number of nitro groups is 1. The number of nitrogens with one attached hydrogen (secondary N) is 1. The van der Waals surface area contributed by atoms with Gasteiger partial charge < -0.3 is 5.32 Å². The Kier molecular flexibility index (Phi) is 5.35. The Hall–Kier alpha value is -1.69. The van der Waals surface area contributed by atoms with Gasteiger partial charge in [-0.2, -0.15) is 0 Å². The number of amides is 1. The number of non-ortho nitro benzene ring substituents is 1. The third-order valence-corrected chi connectivity index (χ3v) is 2.30. The molecular formula is C11H11BrN2O3. The molecule has 0 saturated heterocycles. The van der Waals surface area contributed by atoms with E-state index in [4.69, 9.17) is 0 Å². The van der Waals surface area contributed by atoms with Crippen molar-refractivity contribution in [3.63, 3.8) is 0 Å². The van der Waals surface area contributed by atoms with E-state index in [2.05, 4.69) is 21.2 Å². The van der Waals surface area contributed by atoms with Crippen LogP contribution >= 0.6 is 15.9 Å². The topological polar surface area (TPSA) is 72.2 Å². The standard InChI is InChI=1S/C11H11BrN2O3/c12-6-7-13-11(15)5-4-9-2-1-3-10(8-9)14(16)17/h1-5,8H,6-7H2,(H,13,15)/b5-4+. The Labute approximate surface area is 107 Å². The van der Waals surface area contributed by atoms with Gasteiger partial charge in [-0.1, -0.05) is 28.1 Å². The minimum absolute atomic E-state index is 0.00742. The van der Waals surface area contributed by atoms with Gasteiger partial charge in [-0.25, -0.2) is 0 Å². The number of alkyl halides is 1. The van der Waals surface area contributed by atoms with Gasteiger partial charge in [0.05, 0.1) is 4.92 Å². The summed E-state index contributed by atoms with van der Waals surface area (Å²) in [5, 5.41) is 13.8. The summed E-state index contributed by atoms with van der Waals surface area (Å²) in [7, 11) is 0. The smallest absolute Gasteiger partial charge is 0.270 e. The summed E-state index contributed by atoms with van der Waals surface area (Å²) in [6.45, 7) is 0.540. The summed E-state index contributed by atoms with van der Waals surface area (Å²) in [4.78, 5) is 21.3. The molecule has 17 heavy (non-hydrogen) atoms. The van der Waals surface area contributed by atoms with Gasteiger partial charge in [-0.15, -0.1) is 0 Å². The summed E-state index contributed by atoms with van der Waals surface area (Å²) < 4.78 is 0. The van der Waals surface area contributed by atoms with Crippen molar-refractivity contribution in [3.05, 3.63) is 46.0 Å². The second-order valence-corrected chi connectivity index (χ2v) is 3.96. The fourth-order valence-electron chi connectivity index (χ4n) is 1.14. The Balaban J connectivity index is 2.68. The van der Waals surface area contributed by atoms with Crippen molar-refractivity contribution in [2.75, 3.05) is 11.9 Å². The van der Waals surface area contributed by atoms with Crippen molar-refractivity contribution < 1.29 is 9.72 Å². The maximum Gasteiger partial charge on any atom is 0.270 e. The molecule has 0 aliphatic rings. The number of hydrogen-bond acceptors (Lipinski definition) is 3. The number of carbonyl (C=O) groups excluding carboxylic acids is 1. The fraction of sp³-hybridized carbons (Fsp3) is 0.182. The van der Waals surface area contributed by atoms with Crippen LogP contribution in [0.25, 0.3) is 6.08 Å². The highest BCUT2D eigenvalue weighted by atomic mass is 79.9. The van der Waals surface area contributed by atoms with Crippen LogP contribution in [0.1, 0.15) is 5.56 Å². The highest BCUT2D eigenvalue weighted by molar-refractivity contribution is 9.09. The zero-order valence-electron chi connectivity index (χ0n) is 8.93. The normalized spacial score (nSPS) is 10.4. The molecule has 1 aromatic rings. The van der Waals surface area contributed by atoms with Crippen LogP contribution in [0.4, 0.5) is 5.69 Å². The van der Waals surface area contributed by atoms with E-state index < -0.39 is 4.92 Å². The molecule has 0 heterocycles. The molecule has 1 N–H and O–H groups in total. The largest absolute Gasteiger partial charge is 0.352 e. The second kappa shape index (κ2) is 6.80. The molecular weight excluding hydrogens is 288 g/mol. The Morgan fingerprint density at radius 1 is 1.53 bits per heavy atom. The fourth-order valence-corrected chi connectivity index (χ4v) is 1.34. The van der Waals surface area contributed by atoms with Crippen LogP contribution < -0.4 is 5.32 Å². The van der Waals surface area contributed by atoms with E-state index in [1.54, 1.807) is 12.1 Å². The van der Waals surface area contributed by atoms with Crippen LogP contribution in [0.5, 0.6) is 0 Å². The summed E-state index contributed by atoms with van der Waals surface area (Å²) in [6.07, 6.45) is 2.89. The molecule has 5 nitrogen and oxygen atoms in total. The lowest BCUT2D eigenvalue weighted by atomic mass is 10.2. The van der Waals surface area contributed by atoms with Gasteiger partial charge in [0.2, 0.25) is 5.91 Å². The molecule has 6 heteroatoms. The van der Waals surface area contributed by atoms with Crippen LogP contribution in [0, 0.1) is 10.1 Å². The maximum absolute atomic E-state index is 11.2. The summed E-state index contributed by atoms with van der Waals surface area (Å²) in [6, 6.07) is 6.09. The molecule has 0 unspecified atom stereocenters. The van der Waals surface area contributed by atoms with Crippen LogP contribution in [0.15, 0.2) is 30.3 Å². The summed E-state index contributed by atoms with van der Waals surface area (Å²) >= 11 is 3.19. The zero-order chi connectivity index (χ0) is 12.7. The number of halogens is 1. The molecule has 0 aromatic heterocycles. The number of benzene rings is 1. The van der Waals surface area contributed by atoms with Crippen molar-refractivity contribution in [3.8, 4) is 0 Å². The summed E-state index contributed by atoms with van der Waals surface area (Å²) in [5.41, 5.74) is 0.626. The molecule has 0 bridgehead atoms. The minimum atomic E-state index is -0.470. The number of hydrogen-bond donors (Lipinski definition) is 1. The van der Waals surface area contributed by atoms with Crippen LogP contribution in [0.3, 0.4) is 0 Å². The van der Waals surface area contributed by atoms with Crippen LogP contribution in [0.2, 0.25) is 0 Å². The van der Waals surface area contributed by atoms with E-state index in [-0.39, 0.29) is 11.6 Å². The van der Waals surface area contributed by atoms with Crippen molar-refractivity contribution >= 4 is 33.6 Å². The second-order valence-electron chi connectivity index (χ2n) is 3.17. The van der Waals surface area contributed by atoms with Crippen molar-refractivity contribution in [1.29, 1.82) is 0 Å². The molecule has 90 valence electrons. The van der Waals surface area contributed by atoms with Gasteiger partial charge >= 0.3 is 0 Å². The van der Waals surface area contributed by atoms with E-state index in [0.717, 1.165) is 0 Å². The molecule has 1 amide bonds. The number of nitro benzene ring substituents is 1. The van der Waals surface area contributed by atoms with Gasteiger partial charge in [0.15, 0.2) is 0 Å². The average Bonchev–Trinajstić information content (AvgIpc) is 2.34. The highest BCUT2D eigenvalue weighted by Crippen LogP contribution is 2.13. The lowest BCUT2D eigenvalue weighted by Gasteiger charge is -1.97. The van der Waals surface area contributed by atoms with Gasteiger partial charge in [-0.05, 0) is 11.6 Å². The van der Waals surface area contributed by atoms with Crippen molar-refractivity contribution in [2.45, 2.75) is 0 Å². The lowest BCUT2D eigenvalue weighted by Crippen LogP contribution is -2.22. The Bertz CT molecular complexity index is 446. The first-order chi connectivity index (χ1) is 8.13. The zero-order valence-corrected chi connectivity index (χ0v) is 10.5. The van der Waals surface area contributed by atoms with Crippen LogP contribution in [-0.2, 0) is 4.79 Å². The van der Waals surface area contributed by atoms with E-state index >= 15 is 0 Å². The molecule has 0 atom stereocenters. The molecule has 0 spiro atoms. The van der Waals surface area contributed by atoms with E-state index in [1.807, 2.05) is 0 Å². The van der Waals surface area contributed by atoms with E-state index in [0.29, 0.717) is 17.4 Å². The monoisotopic (exact) mass is 298 g/mol. The maximum atomic E-state index is 11.2. The molecule has 1 rings (SSSR count). The highest BCUT2D eigenvalue weighted by Gasteiger charge is 2.03. The van der Waals surface area contributed by atoms with E-state index in [9.17, 15) is 14.9 Å². The van der Waals surface area contributed by atoms with Crippen molar-refractivity contribution in [2.24, 2.45) is 0 Å². The van der Waals surface area contributed by atoms with Gasteiger partial charge in [0.1, 0.15) is 0 Å². The number of carbonyl (C=O) groups is 1. The Morgan fingerprint density at radius 3 is 2.94 bits per heavy atom. The van der Waals surface area contributed by atoms with Crippen LogP contribution in [-0.4, -0.2) is 22.7 Å². The predicted molar refractivity (Wildman–Crippen MR) is 68.9 cm³/mol. The average molecular weight is 299 g/mol.